The number of likely N-dealkylation sites (N-methyl/N-ethyl adjacent to an activating group) is 1. The molecule has 1 aromatic carbocycles. The van der Waals surface area contributed by atoms with Gasteiger partial charge < -0.3 is 5.11 Å². The van der Waals surface area contributed by atoms with Gasteiger partial charge in [-0.1, -0.05) is 30.3 Å². The Morgan fingerprint density at radius 2 is 2.00 bits per heavy atom. The van der Waals surface area contributed by atoms with Gasteiger partial charge in [-0.3, -0.25) is 9.58 Å². The summed E-state index contributed by atoms with van der Waals surface area (Å²) in [6.45, 7) is 2.80. The van der Waals surface area contributed by atoms with Crippen LogP contribution in [0.15, 0.2) is 36.4 Å². The molecule has 2 aromatic rings. The molecule has 0 saturated carbocycles. The summed E-state index contributed by atoms with van der Waals surface area (Å²) >= 11 is 0. The van der Waals surface area contributed by atoms with Crippen molar-refractivity contribution in [2.75, 3.05) is 13.6 Å². The maximum absolute atomic E-state index is 10.3. The van der Waals surface area contributed by atoms with Gasteiger partial charge in [0.2, 0.25) is 0 Å². The summed E-state index contributed by atoms with van der Waals surface area (Å²) in [6.07, 6.45) is -0.630. The Morgan fingerprint density at radius 3 is 2.78 bits per heavy atom. The van der Waals surface area contributed by atoms with E-state index in [0.29, 0.717) is 0 Å². The zero-order valence-corrected chi connectivity index (χ0v) is 10.5. The molecular weight excluding hydrogens is 226 g/mol. The van der Waals surface area contributed by atoms with Crippen LogP contribution in [0.2, 0.25) is 0 Å². The molecule has 4 nitrogen and oxygen atoms in total. The first-order valence-electron chi connectivity index (χ1n) is 6.22. The fourth-order valence-electron chi connectivity index (χ4n) is 2.36. The predicted octanol–water partition coefficient (Wildman–Crippen LogP) is 1.41. The number of nitrogens with zero attached hydrogens (tertiary/aromatic N) is 3. The van der Waals surface area contributed by atoms with Gasteiger partial charge in [-0.25, -0.2) is 0 Å². The molecular formula is C14H17N3O. The second-order valence-corrected chi connectivity index (χ2v) is 4.83. The maximum Gasteiger partial charge on any atom is 0.123 e. The number of aliphatic hydroxyl groups excluding tert-OH is 1. The average molecular weight is 243 g/mol. The van der Waals surface area contributed by atoms with Gasteiger partial charge in [0.15, 0.2) is 0 Å². The number of benzene rings is 1. The Bertz CT molecular complexity index is 535. The molecule has 0 aliphatic carbocycles. The Kier molecular flexibility index (Phi) is 2.89. The van der Waals surface area contributed by atoms with Gasteiger partial charge >= 0.3 is 0 Å². The topological polar surface area (TPSA) is 41.3 Å². The highest BCUT2D eigenvalue weighted by Gasteiger charge is 2.19. The van der Waals surface area contributed by atoms with Crippen LogP contribution in [0.1, 0.15) is 23.1 Å². The molecule has 18 heavy (non-hydrogen) atoms. The van der Waals surface area contributed by atoms with Crippen LogP contribution in [0.3, 0.4) is 0 Å². The lowest BCUT2D eigenvalue weighted by atomic mass is 10.1. The third-order valence-electron chi connectivity index (χ3n) is 3.40. The summed E-state index contributed by atoms with van der Waals surface area (Å²) in [7, 11) is 2.10. The van der Waals surface area contributed by atoms with Crippen molar-refractivity contribution in [1.82, 2.24) is 14.7 Å². The SMILES string of the molecule is CN1CCn2nc([C@H](O)c3ccccc3)cc2C1. The molecule has 0 bridgehead atoms. The summed E-state index contributed by atoms with van der Waals surface area (Å²) in [6, 6.07) is 11.7. The number of fused-ring (bicyclic) bond motifs is 1. The van der Waals surface area contributed by atoms with Crippen LogP contribution in [0, 0.1) is 0 Å². The van der Waals surface area contributed by atoms with Gasteiger partial charge in [-0.2, -0.15) is 5.10 Å². The lowest BCUT2D eigenvalue weighted by Crippen LogP contribution is -2.30. The van der Waals surface area contributed by atoms with Gasteiger partial charge in [-0.05, 0) is 18.7 Å². The van der Waals surface area contributed by atoms with E-state index in [1.165, 1.54) is 5.69 Å². The first-order chi connectivity index (χ1) is 8.74. The predicted molar refractivity (Wildman–Crippen MR) is 69.1 cm³/mol. The van der Waals surface area contributed by atoms with E-state index >= 15 is 0 Å². The van der Waals surface area contributed by atoms with Crippen LogP contribution >= 0.6 is 0 Å². The monoisotopic (exact) mass is 243 g/mol. The van der Waals surface area contributed by atoms with E-state index in [2.05, 4.69) is 17.0 Å². The van der Waals surface area contributed by atoms with Gasteiger partial charge in [-0.15, -0.1) is 0 Å². The lowest BCUT2D eigenvalue weighted by Gasteiger charge is -2.22. The Labute approximate surface area is 106 Å². The van der Waals surface area contributed by atoms with E-state index < -0.39 is 6.10 Å². The fourth-order valence-corrected chi connectivity index (χ4v) is 2.36. The van der Waals surface area contributed by atoms with Crippen molar-refractivity contribution >= 4 is 0 Å². The van der Waals surface area contributed by atoms with Crippen LogP contribution in [-0.4, -0.2) is 33.4 Å². The van der Waals surface area contributed by atoms with Crippen molar-refractivity contribution in [2.45, 2.75) is 19.2 Å². The number of hydrogen-bond donors (Lipinski definition) is 1. The molecule has 1 aromatic heterocycles. The number of aromatic nitrogens is 2. The zero-order chi connectivity index (χ0) is 12.5. The third-order valence-corrected chi connectivity index (χ3v) is 3.40. The van der Waals surface area contributed by atoms with E-state index in [9.17, 15) is 5.11 Å². The highest BCUT2D eigenvalue weighted by Crippen LogP contribution is 2.23. The molecule has 0 fully saturated rings. The van der Waals surface area contributed by atoms with Gasteiger partial charge in [0, 0.05) is 13.1 Å². The van der Waals surface area contributed by atoms with Crippen LogP contribution < -0.4 is 0 Å². The molecule has 3 rings (SSSR count). The van der Waals surface area contributed by atoms with Gasteiger partial charge in [0.1, 0.15) is 6.10 Å². The molecule has 0 saturated heterocycles. The molecule has 0 amide bonds. The first-order valence-corrected chi connectivity index (χ1v) is 6.22. The van der Waals surface area contributed by atoms with Crippen molar-refractivity contribution in [2.24, 2.45) is 0 Å². The average Bonchev–Trinajstić information content (AvgIpc) is 2.81. The van der Waals surface area contributed by atoms with Crippen LogP contribution in [0.25, 0.3) is 0 Å². The highest BCUT2D eigenvalue weighted by atomic mass is 16.3. The van der Waals surface area contributed by atoms with E-state index in [1.807, 2.05) is 41.1 Å². The molecule has 0 unspecified atom stereocenters. The quantitative estimate of drug-likeness (QED) is 0.867. The van der Waals surface area contributed by atoms with Crippen molar-refractivity contribution in [1.29, 1.82) is 0 Å². The van der Waals surface area contributed by atoms with E-state index in [0.717, 1.165) is 30.9 Å². The summed E-state index contributed by atoms with van der Waals surface area (Å²) in [5.41, 5.74) is 2.81. The van der Waals surface area contributed by atoms with Crippen molar-refractivity contribution in [3.63, 3.8) is 0 Å². The van der Waals surface area contributed by atoms with Crippen molar-refractivity contribution < 1.29 is 5.11 Å². The molecule has 0 spiro atoms. The fraction of sp³-hybridized carbons (Fsp3) is 0.357. The number of hydrogen-bond acceptors (Lipinski definition) is 3. The number of rotatable bonds is 2. The Hall–Kier alpha value is -1.65. The van der Waals surface area contributed by atoms with E-state index in [1.54, 1.807) is 0 Å². The minimum Gasteiger partial charge on any atom is -0.382 e. The largest absolute Gasteiger partial charge is 0.382 e. The van der Waals surface area contributed by atoms with Crippen LogP contribution in [0.5, 0.6) is 0 Å². The van der Waals surface area contributed by atoms with Crippen LogP contribution in [0.4, 0.5) is 0 Å². The van der Waals surface area contributed by atoms with Crippen molar-refractivity contribution in [3.8, 4) is 0 Å². The summed E-state index contributed by atoms with van der Waals surface area (Å²) in [5.74, 6) is 0. The molecule has 2 heterocycles. The van der Waals surface area contributed by atoms with E-state index in [4.69, 9.17) is 0 Å². The van der Waals surface area contributed by atoms with Gasteiger partial charge in [0.25, 0.3) is 0 Å². The first kappa shape index (κ1) is 11.4. The maximum atomic E-state index is 10.3. The number of aliphatic hydroxyl groups is 1. The third kappa shape index (κ3) is 2.05. The smallest absolute Gasteiger partial charge is 0.123 e. The summed E-state index contributed by atoms with van der Waals surface area (Å²) < 4.78 is 2.00. The second kappa shape index (κ2) is 4.55. The minimum absolute atomic E-state index is 0.630. The molecule has 1 aliphatic heterocycles. The Balaban J connectivity index is 1.89. The second-order valence-electron chi connectivity index (χ2n) is 4.83. The molecule has 94 valence electrons. The molecule has 1 atom stereocenters. The Morgan fingerprint density at radius 1 is 1.22 bits per heavy atom. The van der Waals surface area contributed by atoms with Crippen LogP contribution in [-0.2, 0) is 13.1 Å². The summed E-state index contributed by atoms with van der Waals surface area (Å²) in [5, 5.41) is 14.8. The molecule has 1 aliphatic rings. The van der Waals surface area contributed by atoms with E-state index in [-0.39, 0.29) is 0 Å². The molecule has 0 radical (unpaired) electrons. The normalized spacial score (nSPS) is 17.4. The standard InChI is InChI=1S/C14H17N3O/c1-16-7-8-17-12(10-16)9-13(15-17)14(18)11-5-3-2-4-6-11/h2-6,9,14,18H,7-8,10H2,1H3/t14-/m1/s1. The minimum atomic E-state index is -0.630. The highest BCUT2D eigenvalue weighted by molar-refractivity contribution is 5.26. The lowest BCUT2D eigenvalue weighted by molar-refractivity contribution is 0.212. The molecule has 1 N–H and O–H groups in total. The molecule has 4 heteroatoms. The van der Waals surface area contributed by atoms with Crippen molar-refractivity contribution in [3.05, 3.63) is 53.3 Å². The van der Waals surface area contributed by atoms with Gasteiger partial charge in [0.05, 0.1) is 17.9 Å². The zero-order valence-electron chi connectivity index (χ0n) is 10.5. The summed E-state index contributed by atoms with van der Waals surface area (Å²) in [4.78, 5) is 2.26.